The first-order chi connectivity index (χ1) is 16.4. The minimum absolute atomic E-state index is 0.0642. The van der Waals surface area contributed by atoms with Crippen LogP contribution in [0.4, 0.5) is 11.4 Å². The molecule has 1 aliphatic heterocycles. The number of halogens is 1. The maximum Gasteiger partial charge on any atom is 0.297 e. The van der Waals surface area contributed by atoms with E-state index in [9.17, 15) is 19.7 Å². The number of ether oxygens (including phenoxy) is 1. The fourth-order valence-corrected chi connectivity index (χ4v) is 6.58. The van der Waals surface area contributed by atoms with Gasteiger partial charge in [-0.1, -0.05) is 48.5 Å². The molecule has 1 heterocycles. The highest BCUT2D eigenvalue weighted by Crippen LogP contribution is 2.66. The molecule has 3 aromatic rings. The van der Waals surface area contributed by atoms with Crippen LogP contribution in [-0.4, -0.2) is 23.3 Å². The summed E-state index contributed by atoms with van der Waals surface area (Å²) in [5, 5.41) is 11.9. The Labute approximate surface area is 200 Å². The smallest absolute Gasteiger partial charge is 0.297 e. The van der Waals surface area contributed by atoms with Crippen LogP contribution in [0.15, 0.2) is 66.7 Å². The molecule has 0 spiro atoms. The predicted octanol–water partition coefficient (Wildman–Crippen LogP) is 4.74. The molecule has 3 aromatic carbocycles. The molecule has 34 heavy (non-hydrogen) atoms. The van der Waals surface area contributed by atoms with Crippen LogP contribution < -0.4 is 9.64 Å². The molecule has 170 valence electrons. The van der Waals surface area contributed by atoms with Crippen molar-refractivity contribution in [3.05, 3.63) is 99.1 Å². The van der Waals surface area contributed by atoms with E-state index in [-0.39, 0.29) is 17.3 Å². The number of hydrogen-bond acceptors (Lipinski definition) is 5. The van der Waals surface area contributed by atoms with Crippen LogP contribution in [0, 0.1) is 22.0 Å². The third kappa shape index (κ3) is 2.47. The van der Waals surface area contributed by atoms with Gasteiger partial charge in [-0.15, -0.1) is 11.6 Å². The van der Waals surface area contributed by atoms with Crippen molar-refractivity contribution in [1.82, 2.24) is 0 Å². The Morgan fingerprint density at radius 1 is 1.00 bits per heavy atom. The minimum atomic E-state index is -1.24. The van der Waals surface area contributed by atoms with Crippen LogP contribution in [0.3, 0.4) is 0 Å². The Morgan fingerprint density at radius 2 is 1.62 bits per heavy atom. The summed E-state index contributed by atoms with van der Waals surface area (Å²) in [4.78, 5) is 38.8. The summed E-state index contributed by atoms with van der Waals surface area (Å²) >= 11 is 7.39. The Kier molecular flexibility index (Phi) is 4.38. The van der Waals surface area contributed by atoms with Crippen LogP contribution in [0.2, 0.25) is 0 Å². The van der Waals surface area contributed by atoms with Crippen molar-refractivity contribution >= 4 is 34.8 Å². The molecule has 0 unspecified atom stereocenters. The molecule has 1 saturated heterocycles. The zero-order chi connectivity index (χ0) is 23.8. The van der Waals surface area contributed by atoms with Crippen molar-refractivity contribution in [3.63, 3.8) is 0 Å². The second kappa shape index (κ2) is 7.14. The molecular weight excluding hydrogens is 456 g/mol. The number of benzene rings is 3. The second-order valence-electron chi connectivity index (χ2n) is 8.72. The van der Waals surface area contributed by atoms with E-state index in [1.165, 1.54) is 18.2 Å². The number of anilines is 1. The molecule has 1 fully saturated rings. The first-order valence-corrected chi connectivity index (χ1v) is 11.4. The maximum atomic E-state index is 13.9. The Morgan fingerprint density at radius 3 is 2.21 bits per heavy atom. The summed E-state index contributed by atoms with van der Waals surface area (Å²) < 4.78 is 5.39. The highest BCUT2D eigenvalue weighted by molar-refractivity contribution is 6.33. The van der Waals surface area contributed by atoms with Crippen molar-refractivity contribution in [2.75, 3.05) is 11.5 Å². The number of rotatable bonds is 4. The van der Waals surface area contributed by atoms with Gasteiger partial charge in [0.1, 0.15) is 16.3 Å². The molecule has 3 aliphatic carbocycles. The first-order valence-electron chi connectivity index (χ1n) is 11.1. The van der Waals surface area contributed by atoms with E-state index in [0.717, 1.165) is 27.2 Å². The molecule has 0 saturated carbocycles. The van der Waals surface area contributed by atoms with Crippen LogP contribution in [-0.2, 0) is 14.5 Å². The Bertz CT molecular complexity index is 1360. The van der Waals surface area contributed by atoms with E-state index in [4.69, 9.17) is 16.3 Å². The van der Waals surface area contributed by atoms with E-state index in [1.807, 2.05) is 48.5 Å². The van der Waals surface area contributed by atoms with Crippen molar-refractivity contribution in [2.45, 2.75) is 17.7 Å². The lowest BCUT2D eigenvalue weighted by molar-refractivity contribution is -0.384. The predicted molar refractivity (Wildman–Crippen MR) is 125 cm³/mol. The molecule has 0 radical (unpaired) electrons. The van der Waals surface area contributed by atoms with Gasteiger partial charge in [0.25, 0.3) is 5.69 Å². The van der Waals surface area contributed by atoms with Crippen LogP contribution in [0.5, 0.6) is 5.75 Å². The van der Waals surface area contributed by atoms with Crippen LogP contribution in [0.1, 0.15) is 35.1 Å². The summed E-state index contributed by atoms with van der Waals surface area (Å²) in [5.74, 6) is -2.68. The van der Waals surface area contributed by atoms with Gasteiger partial charge in [0.05, 0.1) is 29.4 Å². The highest BCUT2D eigenvalue weighted by atomic mass is 35.5. The normalized spacial score (nSPS) is 26.2. The van der Waals surface area contributed by atoms with Crippen molar-refractivity contribution in [2.24, 2.45) is 11.8 Å². The lowest BCUT2D eigenvalue weighted by Crippen LogP contribution is -2.50. The van der Waals surface area contributed by atoms with Gasteiger partial charge in [-0.05, 0) is 41.3 Å². The molecule has 0 aromatic heterocycles. The monoisotopic (exact) mass is 474 g/mol. The fraction of sp³-hybridized carbons (Fsp3) is 0.231. The van der Waals surface area contributed by atoms with E-state index >= 15 is 0 Å². The van der Waals surface area contributed by atoms with E-state index in [2.05, 4.69) is 0 Å². The summed E-state index contributed by atoms with van der Waals surface area (Å²) in [6.45, 7) is 2.10. The average molecular weight is 475 g/mol. The van der Waals surface area contributed by atoms with Gasteiger partial charge in [0, 0.05) is 5.92 Å². The molecule has 2 amide bonds. The zero-order valence-electron chi connectivity index (χ0n) is 18.1. The number of nitro benzene ring substituents is 1. The van der Waals surface area contributed by atoms with Gasteiger partial charge in [-0.25, -0.2) is 4.90 Å². The maximum absolute atomic E-state index is 13.9. The van der Waals surface area contributed by atoms with Gasteiger partial charge in [-0.3, -0.25) is 19.7 Å². The SMILES string of the molecule is CCOc1ccc(N2C(=O)[C@@H]3C4c5ccccc5C(Cl)(c5ccccc54)[C@H]3C2=O)c([N+](=O)[O-])c1. The zero-order valence-corrected chi connectivity index (χ0v) is 18.9. The molecule has 7 rings (SSSR count). The first kappa shape index (κ1) is 20.9. The summed E-state index contributed by atoms with van der Waals surface area (Å²) in [6, 6.07) is 19.4. The Hall–Kier alpha value is -3.71. The lowest BCUT2D eigenvalue weighted by atomic mass is 9.54. The summed E-state index contributed by atoms with van der Waals surface area (Å²) in [5.41, 5.74) is 3.03. The Balaban J connectivity index is 1.56. The average Bonchev–Trinajstić information content (AvgIpc) is 3.11. The van der Waals surface area contributed by atoms with Crippen molar-refractivity contribution in [3.8, 4) is 5.75 Å². The molecule has 2 bridgehead atoms. The second-order valence-corrected chi connectivity index (χ2v) is 9.32. The third-order valence-corrected chi connectivity index (χ3v) is 7.85. The number of hydrogen-bond donors (Lipinski definition) is 0. The van der Waals surface area contributed by atoms with Crippen LogP contribution >= 0.6 is 11.6 Å². The number of nitrogens with zero attached hydrogens (tertiary/aromatic N) is 2. The van der Waals surface area contributed by atoms with Crippen LogP contribution in [0.25, 0.3) is 0 Å². The van der Waals surface area contributed by atoms with Gasteiger partial charge < -0.3 is 4.74 Å². The quantitative estimate of drug-likeness (QED) is 0.236. The molecule has 7 nitrogen and oxygen atoms in total. The van der Waals surface area contributed by atoms with E-state index in [1.54, 1.807) is 6.92 Å². The molecular formula is C26H19ClN2O5. The molecule has 0 N–H and O–H groups in total. The highest BCUT2D eigenvalue weighted by Gasteiger charge is 2.68. The van der Waals surface area contributed by atoms with Gasteiger partial charge in [0.15, 0.2) is 0 Å². The minimum Gasteiger partial charge on any atom is -0.494 e. The van der Waals surface area contributed by atoms with Gasteiger partial charge in [-0.2, -0.15) is 0 Å². The summed E-state index contributed by atoms with van der Waals surface area (Å²) in [7, 11) is 0. The number of nitro groups is 1. The molecule has 2 atom stereocenters. The number of carbonyl (C=O) groups excluding carboxylic acids is 2. The summed E-state index contributed by atoms with van der Waals surface area (Å²) in [6.07, 6.45) is 0. The largest absolute Gasteiger partial charge is 0.494 e. The third-order valence-electron chi connectivity index (χ3n) is 7.21. The topological polar surface area (TPSA) is 89.8 Å². The van der Waals surface area contributed by atoms with E-state index < -0.39 is 33.4 Å². The number of alkyl halides is 1. The van der Waals surface area contributed by atoms with Gasteiger partial charge >= 0.3 is 0 Å². The molecule has 4 aliphatic rings. The van der Waals surface area contributed by atoms with Crippen molar-refractivity contribution < 1.29 is 19.2 Å². The van der Waals surface area contributed by atoms with Crippen molar-refractivity contribution in [1.29, 1.82) is 0 Å². The lowest BCUT2D eigenvalue weighted by Gasteiger charge is -2.50. The fourth-order valence-electron chi connectivity index (χ4n) is 6.01. The number of imide groups is 1. The standard InChI is InChI=1S/C26H19ClN2O5/c1-2-34-14-11-12-19(20(13-14)29(32)33)28-24(30)22-21-15-7-3-5-9-17(15)26(27,23(22)25(28)31)18-10-6-4-8-16(18)21/h3-13,21-23H,2H2,1H3/t21?,22-,23-,26?/m1/s1. The molecule has 8 heteroatoms. The number of carbonyl (C=O) groups is 2. The van der Waals surface area contributed by atoms with E-state index in [0.29, 0.717) is 12.4 Å². The van der Waals surface area contributed by atoms with Gasteiger partial charge in [0.2, 0.25) is 11.8 Å². The number of amides is 2.